The normalized spacial score (nSPS) is 13.3. The van der Waals surface area contributed by atoms with Crippen LogP contribution in [0.15, 0.2) is 0 Å². The minimum Gasteiger partial charge on any atom is -0.368 e. The van der Waals surface area contributed by atoms with Gasteiger partial charge in [0.05, 0.1) is 6.61 Å². The van der Waals surface area contributed by atoms with Crippen LogP contribution in [0.3, 0.4) is 0 Å². The highest BCUT2D eigenvalue weighted by atomic mass is 16.5. The van der Waals surface area contributed by atoms with E-state index in [4.69, 9.17) is 4.74 Å². The minimum absolute atomic E-state index is 0.0466. The van der Waals surface area contributed by atoms with Crippen molar-refractivity contribution in [2.24, 2.45) is 5.92 Å². The van der Waals surface area contributed by atoms with Crippen molar-refractivity contribution in [1.29, 1.82) is 0 Å². The number of rotatable bonds is 8. The van der Waals surface area contributed by atoms with E-state index in [9.17, 15) is 4.79 Å². The Hall–Kier alpha value is -0.570. The molecule has 1 amide bonds. The highest BCUT2D eigenvalue weighted by molar-refractivity contribution is 5.79. The lowest BCUT2D eigenvalue weighted by molar-refractivity contribution is -0.140. The number of hydrogen-bond donors (Lipinski definition) is 0. The standard InChI is InChI=1S/C13H27NO2.C2H6/c1-6-8-9-12(7-2)10-16-11(3)13(15)14(4)5;1-2/h11-12H,6-10H2,1-5H3;1-2H3. The molecule has 3 heteroatoms. The Balaban J connectivity index is 0. The molecule has 0 radical (unpaired) electrons. The molecule has 0 N–H and O–H groups in total. The number of ether oxygens (including phenoxy) is 1. The molecule has 0 aromatic carbocycles. The van der Waals surface area contributed by atoms with Crippen LogP contribution in [0.4, 0.5) is 0 Å². The number of hydrogen-bond acceptors (Lipinski definition) is 2. The minimum atomic E-state index is -0.314. The van der Waals surface area contributed by atoms with Crippen LogP contribution in [-0.2, 0) is 9.53 Å². The van der Waals surface area contributed by atoms with Crippen molar-refractivity contribution in [2.45, 2.75) is 66.4 Å². The SMILES string of the molecule is CC.CCCCC(CC)COC(C)C(=O)N(C)C. The van der Waals surface area contributed by atoms with Gasteiger partial charge in [-0.05, 0) is 19.3 Å². The van der Waals surface area contributed by atoms with E-state index >= 15 is 0 Å². The smallest absolute Gasteiger partial charge is 0.250 e. The zero-order valence-electron chi connectivity index (χ0n) is 13.5. The lowest BCUT2D eigenvalue weighted by Crippen LogP contribution is -2.34. The topological polar surface area (TPSA) is 29.5 Å². The van der Waals surface area contributed by atoms with Crippen LogP contribution < -0.4 is 0 Å². The van der Waals surface area contributed by atoms with Crippen LogP contribution in [-0.4, -0.2) is 37.6 Å². The van der Waals surface area contributed by atoms with Gasteiger partial charge in [-0.15, -0.1) is 0 Å². The second-order valence-corrected chi connectivity index (χ2v) is 4.62. The highest BCUT2D eigenvalue weighted by Gasteiger charge is 2.16. The van der Waals surface area contributed by atoms with Crippen LogP contribution in [0.5, 0.6) is 0 Å². The molecule has 0 bridgehead atoms. The fraction of sp³-hybridized carbons (Fsp3) is 0.933. The van der Waals surface area contributed by atoms with Crippen LogP contribution in [0, 0.1) is 5.92 Å². The first-order valence-corrected chi connectivity index (χ1v) is 7.35. The molecule has 0 aliphatic carbocycles. The average Bonchev–Trinajstić information content (AvgIpc) is 2.39. The predicted octanol–water partition coefficient (Wildman–Crippen LogP) is 3.72. The second-order valence-electron chi connectivity index (χ2n) is 4.62. The molecule has 0 heterocycles. The van der Waals surface area contributed by atoms with E-state index in [-0.39, 0.29) is 12.0 Å². The first kappa shape index (κ1) is 19.8. The van der Waals surface area contributed by atoms with E-state index in [1.54, 1.807) is 19.0 Å². The maximum absolute atomic E-state index is 11.6. The van der Waals surface area contributed by atoms with Crippen LogP contribution >= 0.6 is 0 Å². The Morgan fingerprint density at radius 3 is 2.17 bits per heavy atom. The van der Waals surface area contributed by atoms with Gasteiger partial charge in [0.15, 0.2) is 0 Å². The van der Waals surface area contributed by atoms with Gasteiger partial charge in [0.2, 0.25) is 0 Å². The number of carbonyl (C=O) groups excluding carboxylic acids is 1. The number of unbranched alkanes of at least 4 members (excludes halogenated alkanes) is 1. The second kappa shape index (κ2) is 12.9. The third kappa shape index (κ3) is 9.46. The van der Waals surface area contributed by atoms with E-state index in [2.05, 4.69) is 13.8 Å². The van der Waals surface area contributed by atoms with E-state index in [1.807, 2.05) is 20.8 Å². The average molecular weight is 259 g/mol. The van der Waals surface area contributed by atoms with Crippen molar-refractivity contribution < 1.29 is 9.53 Å². The Labute approximate surface area is 114 Å². The van der Waals surface area contributed by atoms with E-state index in [0.29, 0.717) is 12.5 Å². The summed E-state index contributed by atoms with van der Waals surface area (Å²) in [5.41, 5.74) is 0. The molecule has 0 saturated carbocycles. The van der Waals surface area contributed by atoms with Crippen molar-refractivity contribution in [2.75, 3.05) is 20.7 Å². The van der Waals surface area contributed by atoms with Gasteiger partial charge in [-0.2, -0.15) is 0 Å². The van der Waals surface area contributed by atoms with Crippen molar-refractivity contribution in [3.8, 4) is 0 Å². The lowest BCUT2D eigenvalue weighted by Gasteiger charge is -2.20. The molecular weight excluding hydrogens is 226 g/mol. The number of likely N-dealkylation sites (N-methyl/N-ethyl adjacent to an activating group) is 1. The molecule has 0 rings (SSSR count). The highest BCUT2D eigenvalue weighted by Crippen LogP contribution is 2.13. The molecule has 0 aromatic heterocycles. The Morgan fingerprint density at radius 1 is 1.22 bits per heavy atom. The first-order chi connectivity index (χ1) is 8.52. The third-order valence-electron chi connectivity index (χ3n) is 2.91. The van der Waals surface area contributed by atoms with Gasteiger partial charge in [0.25, 0.3) is 5.91 Å². The molecule has 3 nitrogen and oxygen atoms in total. The summed E-state index contributed by atoms with van der Waals surface area (Å²) in [4.78, 5) is 13.1. The Bertz CT molecular complexity index is 193. The van der Waals surface area contributed by atoms with Gasteiger partial charge in [-0.3, -0.25) is 4.79 Å². The molecule has 0 aliphatic heterocycles. The van der Waals surface area contributed by atoms with Gasteiger partial charge in [-0.25, -0.2) is 0 Å². The fourth-order valence-corrected chi connectivity index (χ4v) is 1.61. The number of carbonyl (C=O) groups is 1. The largest absolute Gasteiger partial charge is 0.368 e. The zero-order valence-corrected chi connectivity index (χ0v) is 13.5. The summed E-state index contributed by atoms with van der Waals surface area (Å²) in [6.45, 7) is 10.9. The summed E-state index contributed by atoms with van der Waals surface area (Å²) < 4.78 is 5.62. The number of nitrogens with zero attached hydrogens (tertiary/aromatic N) is 1. The number of amides is 1. The Kier molecular flexibility index (Phi) is 14.1. The third-order valence-corrected chi connectivity index (χ3v) is 2.91. The van der Waals surface area contributed by atoms with Crippen LogP contribution in [0.2, 0.25) is 0 Å². The van der Waals surface area contributed by atoms with Crippen molar-refractivity contribution in [1.82, 2.24) is 4.90 Å². The maximum atomic E-state index is 11.6. The van der Waals surface area contributed by atoms with Crippen molar-refractivity contribution >= 4 is 5.91 Å². The molecule has 0 saturated heterocycles. The molecular formula is C15H33NO2. The molecule has 110 valence electrons. The molecule has 0 aliphatic rings. The summed E-state index contributed by atoms with van der Waals surface area (Å²) in [6, 6.07) is 0. The van der Waals surface area contributed by atoms with Gasteiger partial charge in [0, 0.05) is 14.1 Å². The van der Waals surface area contributed by atoms with Gasteiger partial charge >= 0.3 is 0 Å². The van der Waals surface area contributed by atoms with Gasteiger partial charge < -0.3 is 9.64 Å². The molecule has 0 aromatic rings. The maximum Gasteiger partial charge on any atom is 0.250 e. The van der Waals surface area contributed by atoms with Crippen molar-refractivity contribution in [3.63, 3.8) is 0 Å². The fourth-order valence-electron chi connectivity index (χ4n) is 1.61. The molecule has 0 spiro atoms. The molecule has 2 unspecified atom stereocenters. The Morgan fingerprint density at radius 2 is 1.78 bits per heavy atom. The first-order valence-electron chi connectivity index (χ1n) is 7.35. The van der Waals surface area contributed by atoms with E-state index in [1.165, 1.54) is 19.3 Å². The summed E-state index contributed by atoms with van der Waals surface area (Å²) in [5.74, 6) is 0.641. The predicted molar refractivity (Wildman–Crippen MR) is 78.8 cm³/mol. The molecule has 18 heavy (non-hydrogen) atoms. The van der Waals surface area contributed by atoms with Gasteiger partial charge in [-0.1, -0.05) is 47.0 Å². The van der Waals surface area contributed by atoms with E-state index < -0.39 is 0 Å². The van der Waals surface area contributed by atoms with Gasteiger partial charge in [0.1, 0.15) is 6.10 Å². The summed E-state index contributed by atoms with van der Waals surface area (Å²) in [5, 5.41) is 0. The summed E-state index contributed by atoms with van der Waals surface area (Å²) in [6.07, 6.45) is 4.49. The summed E-state index contributed by atoms with van der Waals surface area (Å²) >= 11 is 0. The van der Waals surface area contributed by atoms with Crippen molar-refractivity contribution in [3.05, 3.63) is 0 Å². The van der Waals surface area contributed by atoms with Crippen LogP contribution in [0.25, 0.3) is 0 Å². The molecule has 0 fully saturated rings. The van der Waals surface area contributed by atoms with Crippen LogP contribution in [0.1, 0.15) is 60.3 Å². The molecule has 2 atom stereocenters. The zero-order chi connectivity index (χ0) is 14.6. The summed E-state index contributed by atoms with van der Waals surface area (Å²) in [7, 11) is 3.52. The monoisotopic (exact) mass is 259 g/mol. The lowest BCUT2D eigenvalue weighted by atomic mass is 10.0. The quantitative estimate of drug-likeness (QED) is 0.665. The van der Waals surface area contributed by atoms with E-state index in [0.717, 1.165) is 6.42 Å².